The van der Waals surface area contributed by atoms with Gasteiger partial charge in [0, 0.05) is 24.5 Å². The van der Waals surface area contributed by atoms with Crippen LogP contribution in [-0.2, 0) is 10.2 Å². The lowest BCUT2D eigenvalue weighted by atomic mass is 9.94. The molecule has 0 atom stereocenters. The Morgan fingerprint density at radius 3 is 2.24 bits per heavy atom. The van der Waals surface area contributed by atoms with E-state index in [9.17, 15) is 4.79 Å². The van der Waals surface area contributed by atoms with Crippen molar-refractivity contribution in [1.29, 1.82) is 0 Å². The first-order chi connectivity index (χ1) is 14.1. The van der Waals surface area contributed by atoms with Gasteiger partial charge in [-0.05, 0) is 73.6 Å². The monoisotopic (exact) mass is 394 g/mol. The SMILES string of the molecule is COc1ccc(C2(C(=O)Nc3ccc(N4CCC(C)CC4)cc3)CC2)cc1OC. The van der Waals surface area contributed by atoms with E-state index in [0.717, 1.165) is 43.1 Å². The summed E-state index contributed by atoms with van der Waals surface area (Å²) in [6.45, 7) is 4.53. The molecule has 5 heteroatoms. The number of carbonyl (C=O) groups excluding carboxylic acids is 1. The average molecular weight is 395 g/mol. The number of benzene rings is 2. The van der Waals surface area contributed by atoms with Crippen LogP contribution < -0.4 is 19.7 Å². The molecule has 4 rings (SSSR count). The molecule has 1 heterocycles. The Hall–Kier alpha value is -2.69. The zero-order valence-corrected chi connectivity index (χ0v) is 17.5. The molecule has 2 aromatic carbocycles. The van der Waals surface area contributed by atoms with Gasteiger partial charge in [-0.15, -0.1) is 0 Å². The number of ether oxygens (including phenoxy) is 2. The van der Waals surface area contributed by atoms with Gasteiger partial charge < -0.3 is 19.7 Å². The van der Waals surface area contributed by atoms with Gasteiger partial charge in [-0.2, -0.15) is 0 Å². The fraction of sp³-hybridized carbons (Fsp3) is 0.458. The summed E-state index contributed by atoms with van der Waals surface area (Å²) in [5.41, 5.74) is 2.58. The molecule has 0 radical (unpaired) electrons. The zero-order chi connectivity index (χ0) is 20.4. The lowest BCUT2D eigenvalue weighted by molar-refractivity contribution is -0.118. The molecule has 29 heavy (non-hydrogen) atoms. The summed E-state index contributed by atoms with van der Waals surface area (Å²) in [4.78, 5) is 15.5. The van der Waals surface area contributed by atoms with Crippen molar-refractivity contribution in [1.82, 2.24) is 0 Å². The van der Waals surface area contributed by atoms with Gasteiger partial charge in [-0.1, -0.05) is 13.0 Å². The van der Waals surface area contributed by atoms with Gasteiger partial charge in [0.2, 0.25) is 5.91 Å². The maximum atomic E-state index is 13.1. The van der Waals surface area contributed by atoms with E-state index in [2.05, 4.69) is 29.3 Å². The number of amides is 1. The normalized spacial score (nSPS) is 18.2. The van der Waals surface area contributed by atoms with Crippen molar-refractivity contribution in [3.63, 3.8) is 0 Å². The molecule has 1 aliphatic heterocycles. The van der Waals surface area contributed by atoms with Crippen LogP contribution in [0.15, 0.2) is 42.5 Å². The van der Waals surface area contributed by atoms with Crippen LogP contribution >= 0.6 is 0 Å². The van der Waals surface area contributed by atoms with Crippen molar-refractivity contribution >= 4 is 17.3 Å². The van der Waals surface area contributed by atoms with Gasteiger partial charge in [0.1, 0.15) is 0 Å². The highest BCUT2D eigenvalue weighted by Crippen LogP contribution is 2.50. The second kappa shape index (κ2) is 7.97. The van der Waals surface area contributed by atoms with Crippen molar-refractivity contribution < 1.29 is 14.3 Å². The van der Waals surface area contributed by atoms with E-state index >= 15 is 0 Å². The molecule has 1 aliphatic carbocycles. The summed E-state index contributed by atoms with van der Waals surface area (Å²) < 4.78 is 10.7. The molecule has 2 aliphatic rings. The van der Waals surface area contributed by atoms with Crippen LogP contribution in [0.1, 0.15) is 38.2 Å². The molecule has 0 unspecified atom stereocenters. The summed E-state index contributed by atoms with van der Waals surface area (Å²) in [5.74, 6) is 2.19. The molecule has 1 amide bonds. The van der Waals surface area contributed by atoms with Crippen LogP contribution in [0.4, 0.5) is 11.4 Å². The lowest BCUT2D eigenvalue weighted by Crippen LogP contribution is -2.32. The third-order valence-electron chi connectivity index (χ3n) is 6.39. The number of nitrogens with zero attached hydrogens (tertiary/aromatic N) is 1. The lowest BCUT2D eigenvalue weighted by Gasteiger charge is -2.32. The van der Waals surface area contributed by atoms with E-state index < -0.39 is 5.41 Å². The topological polar surface area (TPSA) is 50.8 Å². The van der Waals surface area contributed by atoms with Crippen LogP contribution in [0, 0.1) is 5.92 Å². The van der Waals surface area contributed by atoms with Gasteiger partial charge in [0.05, 0.1) is 19.6 Å². The number of piperidine rings is 1. The summed E-state index contributed by atoms with van der Waals surface area (Å²) in [7, 11) is 3.23. The number of carbonyl (C=O) groups is 1. The number of anilines is 2. The predicted molar refractivity (Wildman–Crippen MR) is 116 cm³/mol. The first-order valence-corrected chi connectivity index (χ1v) is 10.4. The van der Waals surface area contributed by atoms with Crippen molar-refractivity contribution in [2.45, 2.75) is 38.0 Å². The van der Waals surface area contributed by atoms with Gasteiger partial charge >= 0.3 is 0 Å². The Labute approximate surface area is 173 Å². The van der Waals surface area contributed by atoms with Gasteiger partial charge in [-0.25, -0.2) is 0 Å². The summed E-state index contributed by atoms with van der Waals surface area (Å²) >= 11 is 0. The molecular formula is C24H30N2O3. The Morgan fingerprint density at radius 2 is 1.66 bits per heavy atom. The number of rotatable bonds is 6. The third kappa shape index (κ3) is 3.91. The maximum absolute atomic E-state index is 13.1. The Balaban J connectivity index is 1.45. The predicted octanol–water partition coefficient (Wildman–Crippen LogP) is 4.61. The molecule has 5 nitrogen and oxygen atoms in total. The second-order valence-corrected chi connectivity index (χ2v) is 8.32. The van der Waals surface area contributed by atoms with Crippen molar-refractivity contribution in [3.05, 3.63) is 48.0 Å². The van der Waals surface area contributed by atoms with E-state index in [0.29, 0.717) is 11.5 Å². The molecule has 1 N–H and O–H groups in total. The second-order valence-electron chi connectivity index (χ2n) is 8.32. The number of hydrogen-bond donors (Lipinski definition) is 1. The van der Waals surface area contributed by atoms with E-state index in [-0.39, 0.29) is 5.91 Å². The van der Waals surface area contributed by atoms with Crippen LogP contribution in [0.2, 0.25) is 0 Å². The average Bonchev–Trinajstić information content (AvgIpc) is 3.56. The van der Waals surface area contributed by atoms with Crippen LogP contribution in [-0.4, -0.2) is 33.2 Å². The van der Waals surface area contributed by atoms with E-state index in [1.165, 1.54) is 18.5 Å². The first kappa shape index (κ1) is 19.6. The van der Waals surface area contributed by atoms with Crippen molar-refractivity contribution in [3.8, 4) is 11.5 Å². The highest BCUT2D eigenvalue weighted by atomic mass is 16.5. The minimum Gasteiger partial charge on any atom is -0.493 e. The Kier molecular flexibility index (Phi) is 5.39. The van der Waals surface area contributed by atoms with Crippen LogP contribution in [0.3, 0.4) is 0 Å². The van der Waals surface area contributed by atoms with Gasteiger partial charge in [-0.3, -0.25) is 4.79 Å². The summed E-state index contributed by atoms with van der Waals surface area (Å²) in [6.07, 6.45) is 4.18. The molecule has 2 fully saturated rings. The number of hydrogen-bond acceptors (Lipinski definition) is 4. The standard InChI is InChI=1S/C24H30N2O3/c1-17-10-14-26(15-11-17)20-7-5-19(6-8-20)25-23(27)24(12-13-24)18-4-9-21(28-2)22(16-18)29-3/h4-9,16-17H,10-15H2,1-3H3,(H,25,27). The molecule has 2 aromatic rings. The molecular weight excluding hydrogens is 364 g/mol. The third-order valence-corrected chi connectivity index (χ3v) is 6.39. The summed E-state index contributed by atoms with van der Waals surface area (Å²) in [5, 5.41) is 3.12. The van der Waals surface area contributed by atoms with E-state index in [4.69, 9.17) is 9.47 Å². The fourth-order valence-electron chi connectivity index (χ4n) is 4.18. The zero-order valence-electron chi connectivity index (χ0n) is 17.5. The molecule has 154 valence electrons. The summed E-state index contributed by atoms with van der Waals surface area (Å²) in [6, 6.07) is 14.0. The molecule has 0 bridgehead atoms. The molecule has 0 spiro atoms. The van der Waals surface area contributed by atoms with E-state index in [1.54, 1.807) is 14.2 Å². The fourth-order valence-corrected chi connectivity index (χ4v) is 4.18. The number of methoxy groups -OCH3 is 2. The smallest absolute Gasteiger partial charge is 0.235 e. The Bertz CT molecular complexity index is 866. The minimum atomic E-state index is -0.471. The number of nitrogens with one attached hydrogen (secondary N) is 1. The van der Waals surface area contributed by atoms with E-state index in [1.807, 2.05) is 30.3 Å². The largest absolute Gasteiger partial charge is 0.493 e. The van der Waals surface area contributed by atoms with Gasteiger partial charge in [0.15, 0.2) is 11.5 Å². The highest BCUT2D eigenvalue weighted by molar-refractivity contribution is 6.01. The molecule has 1 saturated heterocycles. The molecule has 0 aromatic heterocycles. The van der Waals surface area contributed by atoms with Crippen LogP contribution in [0.5, 0.6) is 11.5 Å². The first-order valence-electron chi connectivity index (χ1n) is 10.4. The van der Waals surface area contributed by atoms with Crippen LogP contribution in [0.25, 0.3) is 0 Å². The maximum Gasteiger partial charge on any atom is 0.235 e. The quantitative estimate of drug-likeness (QED) is 0.777. The van der Waals surface area contributed by atoms with Crippen molar-refractivity contribution in [2.75, 3.05) is 37.5 Å². The molecule has 1 saturated carbocycles. The minimum absolute atomic E-state index is 0.0456. The van der Waals surface area contributed by atoms with Crippen molar-refractivity contribution in [2.24, 2.45) is 5.92 Å². The highest BCUT2D eigenvalue weighted by Gasteiger charge is 2.51. The Morgan fingerprint density at radius 1 is 1.00 bits per heavy atom. The van der Waals surface area contributed by atoms with Gasteiger partial charge in [0.25, 0.3) is 0 Å².